The highest BCUT2D eigenvalue weighted by Crippen LogP contribution is 2.25. The number of nitrogens with one attached hydrogen (secondary N) is 1. The number of aliphatic hydroxyl groups excluding tert-OH is 1. The van der Waals surface area contributed by atoms with Crippen molar-refractivity contribution in [2.45, 2.75) is 38.9 Å². The van der Waals surface area contributed by atoms with Crippen LogP contribution in [0, 0.1) is 0 Å². The van der Waals surface area contributed by atoms with Gasteiger partial charge in [0.15, 0.2) is 0 Å². The Morgan fingerprint density at radius 1 is 0.920 bits per heavy atom. The number of hydrogen-bond donors (Lipinski definition) is 2. The smallest absolute Gasteiger partial charge is 0.126 e. The molecule has 0 saturated carbocycles. The molecule has 2 rings (SSSR count). The Morgan fingerprint density at radius 2 is 1.48 bits per heavy atom. The van der Waals surface area contributed by atoms with Crippen LogP contribution in [0.4, 0.5) is 0 Å². The van der Waals surface area contributed by atoms with Crippen molar-refractivity contribution in [3.63, 3.8) is 0 Å². The first kappa shape index (κ1) is 19.6. The third kappa shape index (κ3) is 6.62. The molecule has 0 saturated heterocycles. The molecule has 1 unspecified atom stereocenters. The van der Waals surface area contributed by atoms with Crippen LogP contribution in [-0.2, 0) is 4.74 Å². The van der Waals surface area contributed by atoms with Crippen molar-refractivity contribution in [1.29, 1.82) is 0 Å². The second kappa shape index (κ2) is 11.0. The van der Waals surface area contributed by atoms with Crippen LogP contribution in [0.3, 0.4) is 0 Å². The van der Waals surface area contributed by atoms with E-state index < -0.39 is 6.10 Å². The summed E-state index contributed by atoms with van der Waals surface area (Å²) in [6.07, 6.45) is 1.81. The zero-order chi connectivity index (χ0) is 17.9. The normalized spacial score (nSPS) is 13.8. The van der Waals surface area contributed by atoms with Gasteiger partial charge in [0.2, 0.25) is 0 Å². The van der Waals surface area contributed by atoms with Crippen LogP contribution in [0.1, 0.15) is 43.9 Å². The van der Waals surface area contributed by atoms with Gasteiger partial charge >= 0.3 is 0 Å². The van der Waals surface area contributed by atoms with E-state index in [1.807, 2.05) is 36.4 Å². The summed E-state index contributed by atoms with van der Waals surface area (Å²) >= 11 is 0. The number of hydrogen-bond acceptors (Lipinski definition) is 2. The van der Waals surface area contributed by atoms with Gasteiger partial charge in [-0.3, -0.25) is 0 Å². The predicted molar refractivity (Wildman–Crippen MR) is 103 cm³/mol. The first-order chi connectivity index (χ1) is 12.2. The quantitative estimate of drug-likeness (QED) is 0.658. The Kier molecular flexibility index (Phi) is 8.67. The van der Waals surface area contributed by atoms with Crippen LogP contribution in [0.2, 0.25) is 0 Å². The van der Waals surface area contributed by atoms with Crippen LogP contribution in [-0.4, -0.2) is 37.5 Å². The van der Waals surface area contributed by atoms with Crippen LogP contribution in [0.5, 0.6) is 0 Å². The molecule has 0 aliphatic rings. The standard InChI is InChI=1S/C22H31NO2/c1-3-5-16-23(4-2)17-21(24)18-25-22(19-12-8-6-9-13-19)20-14-10-7-11-15-20/h6-15,21-22,24H,3-5,16-18H2,1-2H3/p+1/t21-/m1/s1. The van der Waals surface area contributed by atoms with Gasteiger partial charge in [0.05, 0.1) is 19.7 Å². The van der Waals surface area contributed by atoms with Crippen LogP contribution in [0.15, 0.2) is 60.7 Å². The van der Waals surface area contributed by atoms with Gasteiger partial charge < -0.3 is 14.7 Å². The third-order valence-electron chi connectivity index (χ3n) is 4.57. The lowest BCUT2D eigenvalue weighted by molar-refractivity contribution is -0.901. The molecule has 3 heteroatoms. The van der Waals surface area contributed by atoms with Gasteiger partial charge in [-0.2, -0.15) is 0 Å². The zero-order valence-electron chi connectivity index (χ0n) is 15.5. The highest BCUT2D eigenvalue weighted by Gasteiger charge is 2.19. The molecule has 0 aromatic heterocycles. The minimum atomic E-state index is -0.443. The molecule has 0 bridgehead atoms. The molecule has 2 aromatic rings. The summed E-state index contributed by atoms with van der Waals surface area (Å²) in [4.78, 5) is 1.44. The van der Waals surface area contributed by atoms with E-state index in [4.69, 9.17) is 4.74 Å². The lowest BCUT2D eigenvalue weighted by Gasteiger charge is -2.24. The number of unbranched alkanes of at least 4 members (excludes halogenated alkanes) is 1. The molecule has 0 aliphatic heterocycles. The molecule has 0 fully saturated rings. The molecule has 0 aliphatic carbocycles. The topological polar surface area (TPSA) is 33.9 Å². The number of aliphatic hydroxyl groups is 1. The van der Waals surface area contributed by atoms with Gasteiger partial charge in [0.25, 0.3) is 0 Å². The van der Waals surface area contributed by atoms with Crippen molar-refractivity contribution >= 4 is 0 Å². The lowest BCUT2D eigenvalue weighted by atomic mass is 10.0. The van der Waals surface area contributed by atoms with Crippen LogP contribution < -0.4 is 4.90 Å². The van der Waals surface area contributed by atoms with Gasteiger partial charge in [0.1, 0.15) is 18.8 Å². The Morgan fingerprint density at radius 3 is 1.96 bits per heavy atom. The van der Waals surface area contributed by atoms with Crippen molar-refractivity contribution in [2.75, 3.05) is 26.2 Å². The van der Waals surface area contributed by atoms with E-state index in [1.165, 1.54) is 17.7 Å². The molecule has 2 atom stereocenters. The second-order valence-corrected chi connectivity index (χ2v) is 6.60. The van der Waals surface area contributed by atoms with E-state index in [0.717, 1.165) is 30.8 Å². The summed E-state index contributed by atoms with van der Waals surface area (Å²) in [5.41, 5.74) is 2.23. The molecule has 3 nitrogen and oxygen atoms in total. The monoisotopic (exact) mass is 342 g/mol. The van der Waals surface area contributed by atoms with Crippen molar-refractivity contribution in [1.82, 2.24) is 0 Å². The molecular formula is C22H32NO2+. The highest BCUT2D eigenvalue weighted by atomic mass is 16.5. The van der Waals surface area contributed by atoms with Crippen molar-refractivity contribution in [3.05, 3.63) is 71.8 Å². The Labute approximate surface area is 152 Å². The molecule has 2 N–H and O–H groups in total. The Balaban J connectivity index is 1.98. The van der Waals surface area contributed by atoms with E-state index in [1.54, 1.807) is 0 Å². The number of quaternary nitrogens is 1. The molecule has 2 aromatic carbocycles. The minimum Gasteiger partial charge on any atom is -0.385 e. The fraction of sp³-hybridized carbons (Fsp3) is 0.455. The van der Waals surface area contributed by atoms with E-state index in [2.05, 4.69) is 38.1 Å². The number of benzene rings is 2. The van der Waals surface area contributed by atoms with Gasteiger partial charge in [-0.05, 0) is 24.5 Å². The zero-order valence-corrected chi connectivity index (χ0v) is 15.5. The minimum absolute atomic E-state index is 0.141. The van der Waals surface area contributed by atoms with E-state index in [9.17, 15) is 5.11 Å². The van der Waals surface area contributed by atoms with Gasteiger partial charge in [-0.1, -0.05) is 74.0 Å². The van der Waals surface area contributed by atoms with Gasteiger partial charge in [0, 0.05) is 0 Å². The summed E-state index contributed by atoms with van der Waals surface area (Å²) in [7, 11) is 0. The first-order valence-electron chi connectivity index (χ1n) is 9.47. The summed E-state index contributed by atoms with van der Waals surface area (Å²) in [6.45, 7) is 7.63. The van der Waals surface area contributed by atoms with Crippen molar-refractivity contribution in [3.8, 4) is 0 Å². The summed E-state index contributed by atoms with van der Waals surface area (Å²) < 4.78 is 6.16. The maximum absolute atomic E-state index is 10.4. The summed E-state index contributed by atoms with van der Waals surface area (Å²) in [6, 6.07) is 20.4. The van der Waals surface area contributed by atoms with Gasteiger partial charge in [-0.15, -0.1) is 0 Å². The van der Waals surface area contributed by atoms with Crippen LogP contribution >= 0.6 is 0 Å². The Bertz CT molecular complexity index is 534. The van der Waals surface area contributed by atoms with Crippen molar-refractivity contribution < 1.29 is 14.7 Å². The lowest BCUT2D eigenvalue weighted by Crippen LogP contribution is -3.12. The largest absolute Gasteiger partial charge is 0.385 e. The van der Waals surface area contributed by atoms with Crippen LogP contribution in [0.25, 0.3) is 0 Å². The number of likely N-dealkylation sites (N-methyl/N-ethyl adjacent to an activating group) is 1. The molecule has 0 spiro atoms. The molecule has 0 radical (unpaired) electrons. The maximum Gasteiger partial charge on any atom is 0.126 e. The Hall–Kier alpha value is -1.68. The molecule has 25 heavy (non-hydrogen) atoms. The fourth-order valence-corrected chi connectivity index (χ4v) is 3.09. The predicted octanol–water partition coefficient (Wildman–Crippen LogP) is 2.86. The first-order valence-corrected chi connectivity index (χ1v) is 9.47. The third-order valence-corrected chi connectivity index (χ3v) is 4.57. The SMILES string of the molecule is CCCC[NH+](CC)C[C@@H](O)COC(c1ccccc1)c1ccccc1. The maximum atomic E-state index is 10.4. The average Bonchev–Trinajstić information content (AvgIpc) is 2.67. The average molecular weight is 343 g/mol. The van der Waals surface area contributed by atoms with E-state index in [-0.39, 0.29) is 6.10 Å². The molecular weight excluding hydrogens is 310 g/mol. The second-order valence-electron chi connectivity index (χ2n) is 6.60. The fourth-order valence-electron chi connectivity index (χ4n) is 3.09. The van der Waals surface area contributed by atoms with Crippen molar-refractivity contribution in [2.24, 2.45) is 0 Å². The highest BCUT2D eigenvalue weighted by molar-refractivity contribution is 5.29. The molecule has 0 amide bonds. The van der Waals surface area contributed by atoms with E-state index >= 15 is 0 Å². The summed E-state index contributed by atoms with van der Waals surface area (Å²) in [5.74, 6) is 0. The van der Waals surface area contributed by atoms with Gasteiger partial charge in [-0.25, -0.2) is 0 Å². The summed E-state index contributed by atoms with van der Waals surface area (Å²) in [5, 5.41) is 10.4. The molecule has 136 valence electrons. The van der Waals surface area contributed by atoms with E-state index in [0.29, 0.717) is 6.61 Å². The number of rotatable bonds is 11. The number of ether oxygens (including phenoxy) is 1. The molecule has 0 heterocycles.